The van der Waals surface area contributed by atoms with Crippen LogP contribution in [-0.2, 0) is 11.3 Å². The van der Waals surface area contributed by atoms with Gasteiger partial charge in [0.2, 0.25) is 5.91 Å². The summed E-state index contributed by atoms with van der Waals surface area (Å²) in [5.41, 5.74) is 1.80. The van der Waals surface area contributed by atoms with Crippen molar-refractivity contribution in [3.8, 4) is 11.1 Å². The van der Waals surface area contributed by atoms with Crippen LogP contribution < -0.4 is 5.32 Å². The van der Waals surface area contributed by atoms with Crippen LogP contribution >= 0.6 is 11.6 Å². The SMILES string of the molecule is O=C(Cn1cnnn1)Nc1ccc(F)cc1-c1ccc(Cl)cc1. The van der Waals surface area contributed by atoms with E-state index in [0.717, 1.165) is 5.56 Å². The number of hydrogen-bond donors (Lipinski definition) is 1. The molecule has 2 aromatic carbocycles. The topological polar surface area (TPSA) is 72.7 Å². The number of amides is 1. The molecule has 0 saturated carbocycles. The quantitative estimate of drug-likeness (QED) is 0.798. The zero-order valence-electron chi connectivity index (χ0n) is 11.8. The molecule has 1 N–H and O–H groups in total. The number of aromatic nitrogens is 4. The molecule has 3 aromatic rings. The van der Waals surface area contributed by atoms with Gasteiger partial charge in [0.1, 0.15) is 18.7 Å². The minimum atomic E-state index is -0.395. The highest BCUT2D eigenvalue weighted by Gasteiger charge is 2.11. The van der Waals surface area contributed by atoms with Crippen molar-refractivity contribution in [1.29, 1.82) is 0 Å². The van der Waals surface area contributed by atoms with Gasteiger partial charge in [-0.1, -0.05) is 23.7 Å². The maximum Gasteiger partial charge on any atom is 0.246 e. The standard InChI is InChI=1S/C15H11ClFN5O/c16-11-3-1-10(2-4-11)13-7-12(17)5-6-14(13)19-15(23)8-22-9-18-20-21-22/h1-7,9H,8H2,(H,19,23). The molecule has 0 saturated heterocycles. The molecule has 0 aliphatic carbocycles. The van der Waals surface area contributed by atoms with Crippen molar-refractivity contribution in [1.82, 2.24) is 20.2 Å². The largest absolute Gasteiger partial charge is 0.324 e. The normalized spacial score (nSPS) is 10.5. The van der Waals surface area contributed by atoms with Crippen LogP contribution in [0, 0.1) is 5.82 Å². The van der Waals surface area contributed by atoms with Gasteiger partial charge >= 0.3 is 0 Å². The molecule has 8 heteroatoms. The summed E-state index contributed by atoms with van der Waals surface area (Å²) in [6.07, 6.45) is 1.34. The Morgan fingerprint density at radius 1 is 1.22 bits per heavy atom. The van der Waals surface area contributed by atoms with Gasteiger partial charge < -0.3 is 5.32 Å². The van der Waals surface area contributed by atoms with Crippen LogP contribution in [0.15, 0.2) is 48.8 Å². The molecule has 0 radical (unpaired) electrons. The Hall–Kier alpha value is -2.80. The number of anilines is 1. The Morgan fingerprint density at radius 2 is 2.00 bits per heavy atom. The van der Waals surface area contributed by atoms with Crippen molar-refractivity contribution in [2.24, 2.45) is 0 Å². The van der Waals surface area contributed by atoms with E-state index in [1.165, 1.54) is 29.2 Å². The number of hydrogen-bond acceptors (Lipinski definition) is 4. The van der Waals surface area contributed by atoms with Gasteiger partial charge in [-0.3, -0.25) is 4.79 Å². The summed E-state index contributed by atoms with van der Waals surface area (Å²) in [5.74, 6) is -0.715. The van der Waals surface area contributed by atoms with Gasteiger partial charge in [-0.05, 0) is 46.3 Å². The van der Waals surface area contributed by atoms with Crippen molar-refractivity contribution in [2.45, 2.75) is 6.54 Å². The molecule has 0 unspecified atom stereocenters. The third-order valence-corrected chi connectivity index (χ3v) is 3.36. The molecule has 0 fully saturated rings. The second-order valence-electron chi connectivity index (χ2n) is 4.75. The van der Waals surface area contributed by atoms with Crippen LogP contribution in [0.4, 0.5) is 10.1 Å². The zero-order chi connectivity index (χ0) is 16.2. The molecule has 0 atom stereocenters. The number of nitrogens with zero attached hydrogens (tertiary/aromatic N) is 4. The molecule has 0 bridgehead atoms. The summed E-state index contributed by atoms with van der Waals surface area (Å²) < 4.78 is 14.9. The minimum absolute atomic E-state index is 0.0373. The van der Waals surface area contributed by atoms with Gasteiger partial charge in [-0.15, -0.1) is 5.10 Å². The molecule has 1 aromatic heterocycles. The van der Waals surface area contributed by atoms with Crippen molar-refractivity contribution in [3.63, 3.8) is 0 Å². The second kappa shape index (κ2) is 6.53. The van der Waals surface area contributed by atoms with E-state index in [9.17, 15) is 9.18 Å². The van der Waals surface area contributed by atoms with Gasteiger partial charge in [-0.25, -0.2) is 9.07 Å². The number of benzene rings is 2. The van der Waals surface area contributed by atoms with E-state index in [1.54, 1.807) is 24.3 Å². The monoisotopic (exact) mass is 331 g/mol. The first-order chi connectivity index (χ1) is 11.1. The first-order valence-electron chi connectivity index (χ1n) is 6.68. The van der Waals surface area contributed by atoms with Gasteiger partial charge in [0, 0.05) is 16.3 Å². The Bertz CT molecular complexity index is 820. The Balaban J connectivity index is 1.87. The Labute approximate surface area is 135 Å². The van der Waals surface area contributed by atoms with Crippen molar-refractivity contribution in [3.05, 3.63) is 59.6 Å². The lowest BCUT2D eigenvalue weighted by Gasteiger charge is -2.11. The molecule has 116 valence electrons. The lowest BCUT2D eigenvalue weighted by Crippen LogP contribution is -2.19. The van der Waals surface area contributed by atoms with Crippen LogP contribution in [0.3, 0.4) is 0 Å². The Morgan fingerprint density at radius 3 is 2.70 bits per heavy atom. The fourth-order valence-electron chi connectivity index (χ4n) is 2.08. The van der Waals surface area contributed by atoms with E-state index in [4.69, 9.17) is 11.6 Å². The van der Waals surface area contributed by atoms with Gasteiger partial charge in [-0.2, -0.15) is 0 Å². The van der Waals surface area contributed by atoms with Crippen LogP contribution in [0.1, 0.15) is 0 Å². The van der Waals surface area contributed by atoms with Gasteiger partial charge in [0.05, 0.1) is 0 Å². The molecule has 6 nitrogen and oxygen atoms in total. The third kappa shape index (κ3) is 3.70. The highest BCUT2D eigenvalue weighted by molar-refractivity contribution is 6.30. The van der Waals surface area contributed by atoms with E-state index < -0.39 is 5.82 Å². The van der Waals surface area contributed by atoms with Crippen molar-refractivity contribution in [2.75, 3.05) is 5.32 Å². The first kappa shape index (κ1) is 15.1. The molecule has 3 rings (SSSR count). The maximum atomic E-state index is 13.6. The summed E-state index contributed by atoms with van der Waals surface area (Å²) >= 11 is 5.87. The smallest absolute Gasteiger partial charge is 0.246 e. The average molecular weight is 332 g/mol. The fourth-order valence-corrected chi connectivity index (χ4v) is 2.21. The summed E-state index contributed by atoms with van der Waals surface area (Å²) in [6, 6.07) is 11.1. The number of rotatable bonds is 4. The predicted molar refractivity (Wildman–Crippen MR) is 83.3 cm³/mol. The molecule has 0 aliphatic rings. The van der Waals surface area contributed by atoms with E-state index in [2.05, 4.69) is 20.8 Å². The van der Waals surface area contributed by atoms with E-state index in [0.29, 0.717) is 16.3 Å². The summed E-state index contributed by atoms with van der Waals surface area (Å²) in [4.78, 5) is 12.1. The molecular formula is C15H11ClFN5O. The molecular weight excluding hydrogens is 321 g/mol. The highest BCUT2D eigenvalue weighted by atomic mass is 35.5. The van der Waals surface area contributed by atoms with Gasteiger partial charge in [0.25, 0.3) is 0 Å². The fraction of sp³-hybridized carbons (Fsp3) is 0.0667. The Kier molecular flexibility index (Phi) is 4.29. The van der Waals surface area contributed by atoms with Crippen LogP contribution in [-0.4, -0.2) is 26.1 Å². The highest BCUT2D eigenvalue weighted by Crippen LogP contribution is 2.29. The minimum Gasteiger partial charge on any atom is -0.324 e. The molecule has 0 aliphatic heterocycles. The summed E-state index contributed by atoms with van der Waals surface area (Å²) in [7, 11) is 0. The number of carbonyl (C=O) groups is 1. The lowest BCUT2D eigenvalue weighted by molar-refractivity contribution is -0.116. The van der Waals surface area contributed by atoms with Crippen LogP contribution in [0.25, 0.3) is 11.1 Å². The second-order valence-corrected chi connectivity index (χ2v) is 5.19. The number of nitrogens with one attached hydrogen (secondary N) is 1. The van der Waals surface area contributed by atoms with Gasteiger partial charge in [0.15, 0.2) is 0 Å². The van der Waals surface area contributed by atoms with E-state index in [-0.39, 0.29) is 12.5 Å². The lowest BCUT2D eigenvalue weighted by atomic mass is 10.0. The number of tetrazole rings is 1. The molecule has 1 heterocycles. The van der Waals surface area contributed by atoms with E-state index >= 15 is 0 Å². The summed E-state index contributed by atoms with van der Waals surface area (Å²) in [5, 5.41) is 13.8. The third-order valence-electron chi connectivity index (χ3n) is 3.11. The van der Waals surface area contributed by atoms with Crippen LogP contribution in [0.2, 0.25) is 5.02 Å². The van der Waals surface area contributed by atoms with Crippen LogP contribution in [0.5, 0.6) is 0 Å². The van der Waals surface area contributed by atoms with E-state index in [1.807, 2.05) is 0 Å². The zero-order valence-corrected chi connectivity index (χ0v) is 12.5. The summed E-state index contributed by atoms with van der Waals surface area (Å²) in [6.45, 7) is -0.0373. The maximum absolute atomic E-state index is 13.6. The molecule has 23 heavy (non-hydrogen) atoms. The number of carbonyl (C=O) groups excluding carboxylic acids is 1. The van der Waals surface area contributed by atoms with Crippen molar-refractivity contribution >= 4 is 23.2 Å². The first-order valence-corrected chi connectivity index (χ1v) is 7.06. The predicted octanol–water partition coefficient (Wildman–Crippen LogP) is 2.77. The molecule has 1 amide bonds. The molecule has 0 spiro atoms. The van der Waals surface area contributed by atoms with Crippen molar-refractivity contribution < 1.29 is 9.18 Å². The number of halogens is 2. The average Bonchev–Trinajstić information content (AvgIpc) is 3.03.